The van der Waals surface area contributed by atoms with E-state index in [-0.39, 0.29) is 11.8 Å². The summed E-state index contributed by atoms with van der Waals surface area (Å²) in [4.78, 5) is 26.1. The molecular formula is C16H22N2O2. The molecule has 20 heavy (non-hydrogen) atoms. The molecule has 0 radical (unpaired) electrons. The van der Waals surface area contributed by atoms with Crippen molar-refractivity contribution in [2.24, 2.45) is 0 Å². The molecule has 108 valence electrons. The smallest absolute Gasteiger partial charge is 0.246 e. The predicted molar refractivity (Wildman–Crippen MR) is 78.1 cm³/mol. The van der Waals surface area contributed by atoms with Crippen molar-refractivity contribution in [2.45, 2.75) is 52.2 Å². The number of benzene rings is 1. The lowest BCUT2D eigenvalue weighted by Crippen LogP contribution is -2.67. The molecule has 1 aliphatic heterocycles. The summed E-state index contributed by atoms with van der Waals surface area (Å²) in [7, 11) is 0. The Morgan fingerprint density at radius 2 is 1.70 bits per heavy atom. The van der Waals surface area contributed by atoms with Crippen LogP contribution in [-0.2, 0) is 22.6 Å². The van der Waals surface area contributed by atoms with Crippen molar-refractivity contribution in [1.82, 2.24) is 10.2 Å². The molecule has 1 aliphatic rings. The van der Waals surface area contributed by atoms with E-state index >= 15 is 0 Å². The van der Waals surface area contributed by atoms with Crippen LogP contribution in [0.25, 0.3) is 0 Å². The fraction of sp³-hybridized carbons (Fsp3) is 0.500. The molecule has 1 aromatic rings. The zero-order valence-corrected chi connectivity index (χ0v) is 12.6. The molecule has 4 heteroatoms. The van der Waals surface area contributed by atoms with Gasteiger partial charge < -0.3 is 10.2 Å². The highest BCUT2D eigenvalue weighted by Crippen LogP contribution is 2.23. The van der Waals surface area contributed by atoms with Crippen molar-refractivity contribution in [1.29, 1.82) is 0 Å². The van der Waals surface area contributed by atoms with E-state index in [1.807, 2.05) is 12.1 Å². The van der Waals surface area contributed by atoms with Gasteiger partial charge in [0.25, 0.3) is 0 Å². The molecule has 0 aliphatic carbocycles. The van der Waals surface area contributed by atoms with E-state index in [9.17, 15) is 9.59 Å². The van der Waals surface area contributed by atoms with Crippen LogP contribution >= 0.6 is 0 Å². The summed E-state index contributed by atoms with van der Waals surface area (Å²) in [6.07, 6.45) is 0.994. The largest absolute Gasteiger partial charge is 0.343 e. The molecule has 1 aromatic carbocycles. The standard InChI is InChI=1S/C16H22N2O2/c1-5-12-6-8-13(9-7-12)10-18-14(19)11(2)17-15(20)16(18,3)4/h6-9,11H,5,10H2,1-4H3,(H,17,20). The van der Waals surface area contributed by atoms with Crippen molar-refractivity contribution in [3.8, 4) is 0 Å². The van der Waals surface area contributed by atoms with Crippen molar-refractivity contribution in [3.63, 3.8) is 0 Å². The molecule has 0 spiro atoms. The van der Waals surface area contributed by atoms with Gasteiger partial charge in [-0.15, -0.1) is 0 Å². The van der Waals surface area contributed by atoms with E-state index in [1.54, 1.807) is 25.7 Å². The quantitative estimate of drug-likeness (QED) is 0.915. The molecule has 4 nitrogen and oxygen atoms in total. The van der Waals surface area contributed by atoms with Gasteiger partial charge in [0.1, 0.15) is 11.6 Å². The maximum absolute atomic E-state index is 12.3. The van der Waals surface area contributed by atoms with Crippen molar-refractivity contribution in [3.05, 3.63) is 35.4 Å². The molecule has 1 N–H and O–H groups in total. The number of hydrogen-bond donors (Lipinski definition) is 1. The second-order valence-corrected chi connectivity index (χ2v) is 5.85. The highest BCUT2D eigenvalue weighted by Gasteiger charge is 2.44. The Kier molecular flexibility index (Phi) is 3.84. The highest BCUT2D eigenvalue weighted by molar-refractivity contribution is 5.99. The van der Waals surface area contributed by atoms with Gasteiger partial charge in [-0.3, -0.25) is 9.59 Å². The third-order valence-corrected chi connectivity index (χ3v) is 3.99. The summed E-state index contributed by atoms with van der Waals surface area (Å²) >= 11 is 0. The van der Waals surface area contributed by atoms with Gasteiger partial charge in [0.05, 0.1) is 0 Å². The van der Waals surface area contributed by atoms with Crippen LogP contribution < -0.4 is 5.32 Å². The molecule has 2 amide bonds. The Balaban J connectivity index is 2.24. The second kappa shape index (κ2) is 5.27. The number of aryl methyl sites for hydroxylation is 1. The summed E-state index contributed by atoms with van der Waals surface area (Å²) in [5.41, 5.74) is 1.50. The van der Waals surface area contributed by atoms with E-state index in [1.165, 1.54) is 5.56 Å². The first-order valence-corrected chi connectivity index (χ1v) is 7.06. The highest BCUT2D eigenvalue weighted by atomic mass is 16.2. The first kappa shape index (κ1) is 14.6. The number of carbonyl (C=O) groups is 2. The molecule has 0 aromatic heterocycles. The maximum atomic E-state index is 12.3. The minimum Gasteiger partial charge on any atom is -0.343 e. The fourth-order valence-corrected chi connectivity index (χ4v) is 2.41. The molecule has 1 unspecified atom stereocenters. The number of nitrogens with one attached hydrogen (secondary N) is 1. The number of rotatable bonds is 3. The van der Waals surface area contributed by atoms with E-state index in [0.717, 1.165) is 12.0 Å². The summed E-state index contributed by atoms with van der Waals surface area (Å²) in [5.74, 6) is -0.135. The monoisotopic (exact) mass is 274 g/mol. The van der Waals surface area contributed by atoms with Gasteiger partial charge in [-0.05, 0) is 38.3 Å². The van der Waals surface area contributed by atoms with E-state index in [4.69, 9.17) is 0 Å². The number of carbonyl (C=O) groups excluding carboxylic acids is 2. The third-order valence-electron chi connectivity index (χ3n) is 3.99. The van der Waals surface area contributed by atoms with Gasteiger partial charge in [-0.2, -0.15) is 0 Å². The lowest BCUT2D eigenvalue weighted by molar-refractivity contribution is -0.155. The van der Waals surface area contributed by atoms with Gasteiger partial charge in [-0.1, -0.05) is 31.2 Å². The molecule has 2 rings (SSSR count). The maximum Gasteiger partial charge on any atom is 0.246 e. The Morgan fingerprint density at radius 3 is 2.25 bits per heavy atom. The lowest BCUT2D eigenvalue weighted by atomic mass is 9.95. The van der Waals surface area contributed by atoms with Gasteiger partial charge >= 0.3 is 0 Å². The van der Waals surface area contributed by atoms with Crippen LogP contribution in [0, 0.1) is 0 Å². The Labute approximate surface area is 120 Å². The summed E-state index contributed by atoms with van der Waals surface area (Å²) < 4.78 is 0. The van der Waals surface area contributed by atoms with Crippen LogP contribution in [0.15, 0.2) is 24.3 Å². The van der Waals surface area contributed by atoms with Crippen LogP contribution in [-0.4, -0.2) is 28.3 Å². The predicted octanol–water partition coefficient (Wildman–Crippen LogP) is 1.87. The molecule has 1 fully saturated rings. The molecule has 0 saturated carbocycles. The molecule has 1 heterocycles. The van der Waals surface area contributed by atoms with Crippen molar-refractivity contribution < 1.29 is 9.59 Å². The Morgan fingerprint density at radius 1 is 1.15 bits per heavy atom. The number of amides is 2. The molecule has 1 saturated heterocycles. The molecule has 1 atom stereocenters. The SMILES string of the molecule is CCc1ccc(CN2C(=O)C(C)NC(=O)C2(C)C)cc1. The Hall–Kier alpha value is -1.84. The van der Waals surface area contributed by atoms with E-state index in [0.29, 0.717) is 6.54 Å². The van der Waals surface area contributed by atoms with Gasteiger partial charge in [0, 0.05) is 6.54 Å². The fourth-order valence-electron chi connectivity index (χ4n) is 2.41. The summed E-state index contributed by atoms with van der Waals surface area (Å²) in [6, 6.07) is 7.74. The van der Waals surface area contributed by atoms with Crippen LogP contribution in [0.5, 0.6) is 0 Å². The lowest BCUT2D eigenvalue weighted by Gasteiger charge is -2.43. The zero-order valence-electron chi connectivity index (χ0n) is 12.6. The topological polar surface area (TPSA) is 49.4 Å². The summed E-state index contributed by atoms with van der Waals surface area (Å²) in [6.45, 7) is 7.87. The van der Waals surface area contributed by atoms with Crippen molar-refractivity contribution >= 4 is 11.8 Å². The minimum atomic E-state index is -0.812. The molecule has 0 bridgehead atoms. The van der Waals surface area contributed by atoms with Crippen LogP contribution in [0.1, 0.15) is 38.8 Å². The number of nitrogens with zero attached hydrogens (tertiary/aromatic N) is 1. The second-order valence-electron chi connectivity index (χ2n) is 5.85. The number of hydrogen-bond acceptors (Lipinski definition) is 2. The minimum absolute atomic E-state index is 0.0332. The average molecular weight is 274 g/mol. The van der Waals surface area contributed by atoms with Crippen molar-refractivity contribution in [2.75, 3.05) is 0 Å². The van der Waals surface area contributed by atoms with E-state index in [2.05, 4.69) is 24.4 Å². The van der Waals surface area contributed by atoms with Gasteiger partial charge in [0.2, 0.25) is 11.8 Å². The first-order chi connectivity index (χ1) is 9.36. The van der Waals surface area contributed by atoms with Gasteiger partial charge in [-0.25, -0.2) is 0 Å². The zero-order chi connectivity index (χ0) is 14.9. The van der Waals surface area contributed by atoms with Gasteiger partial charge in [0.15, 0.2) is 0 Å². The first-order valence-electron chi connectivity index (χ1n) is 7.06. The van der Waals surface area contributed by atoms with Crippen LogP contribution in [0.3, 0.4) is 0 Å². The Bertz CT molecular complexity index is 520. The normalized spacial score (nSPS) is 21.8. The summed E-state index contributed by atoms with van der Waals surface area (Å²) in [5, 5.41) is 2.72. The van der Waals surface area contributed by atoms with E-state index < -0.39 is 11.6 Å². The third kappa shape index (κ3) is 2.55. The van der Waals surface area contributed by atoms with Crippen LogP contribution in [0.2, 0.25) is 0 Å². The average Bonchev–Trinajstić information content (AvgIpc) is 2.43. The molecular weight excluding hydrogens is 252 g/mol. The number of piperazine rings is 1. The van der Waals surface area contributed by atoms with Crippen LogP contribution in [0.4, 0.5) is 0 Å².